The number of aromatic nitrogens is 2. The summed E-state index contributed by atoms with van der Waals surface area (Å²) in [6, 6.07) is 16.3. The van der Waals surface area contributed by atoms with Crippen molar-refractivity contribution in [1.82, 2.24) is 14.9 Å². The van der Waals surface area contributed by atoms with Gasteiger partial charge in [-0.2, -0.15) is 0 Å². The monoisotopic (exact) mass is 429 g/mol. The number of halogens is 1. The van der Waals surface area contributed by atoms with E-state index < -0.39 is 11.7 Å². The highest BCUT2D eigenvalue weighted by Crippen LogP contribution is 2.35. The Morgan fingerprint density at radius 2 is 1.34 bits per heavy atom. The predicted molar refractivity (Wildman–Crippen MR) is 118 cm³/mol. The van der Waals surface area contributed by atoms with Gasteiger partial charge in [0.15, 0.2) is 0 Å². The fraction of sp³-hybridized carbons (Fsp3) is 0.167. The van der Waals surface area contributed by atoms with Crippen molar-refractivity contribution in [1.29, 1.82) is 0 Å². The number of rotatable bonds is 4. The zero-order valence-corrected chi connectivity index (χ0v) is 17.2. The Labute approximate surface area is 184 Å². The fourth-order valence-corrected chi connectivity index (χ4v) is 4.08. The van der Waals surface area contributed by atoms with Gasteiger partial charge in [-0.05, 0) is 35.9 Å². The second kappa shape index (κ2) is 8.22. The number of hydrogen-bond acceptors (Lipinski definition) is 6. The molecule has 3 aromatic rings. The van der Waals surface area contributed by atoms with Crippen molar-refractivity contribution in [3.63, 3.8) is 0 Å². The molecule has 0 N–H and O–H groups in total. The number of nitrogens with zero attached hydrogens (tertiary/aromatic N) is 5. The van der Waals surface area contributed by atoms with E-state index in [4.69, 9.17) is 0 Å². The molecule has 160 valence electrons. The van der Waals surface area contributed by atoms with E-state index in [0.717, 1.165) is 0 Å². The summed E-state index contributed by atoms with van der Waals surface area (Å²) in [5.74, 6) is -0.537. The molecule has 0 radical (unpaired) electrons. The normalized spacial score (nSPS) is 16.8. The number of piperazine rings is 1. The Morgan fingerprint density at radius 1 is 0.719 bits per heavy atom. The summed E-state index contributed by atoms with van der Waals surface area (Å²) in [6.45, 7) is 2.27. The van der Waals surface area contributed by atoms with Crippen LogP contribution in [0, 0.1) is 5.82 Å². The fourth-order valence-electron chi connectivity index (χ4n) is 4.08. The molecular formula is C24H20FN5O2. The summed E-state index contributed by atoms with van der Waals surface area (Å²) in [7, 11) is 0. The van der Waals surface area contributed by atoms with Crippen LogP contribution in [-0.2, 0) is 9.59 Å². The van der Waals surface area contributed by atoms with Crippen molar-refractivity contribution in [2.45, 2.75) is 0 Å². The van der Waals surface area contributed by atoms with Gasteiger partial charge in [-0.3, -0.25) is 9.59 Å². The Bertz CT molecular complexity index is 1170. The smallest absolute Gasteiger partial charge is 0.282 e. The lowest BCUT2D eigenvalue weighted by Crippen LogP contribution is -2.48. The predicted octanol–water partition coefficient (Wildman–Crippen LogP) is 2.72. The maximum Gasteiger partial charge on any atom is 0.282 e. The van der Waals surface area contributed by atoms with Crippen LogP contribution in [0.25, 0.3) is 5.57 Å². The van der Waals surface area contributed by atoms with E-state index in [0.29, 0.717) is 54.6 Å². The van der Waals surface area contributed by atoms with Crippen molar-refractivity contribution >= 4 is 29.0 Å². The summed E-state index contributed by atoms with van der Waals surface area (Å²) in [6.07, 6.45) is 3.39. The lowest BCUT2D eigenvalue weighted by molar-refractivity contribution is -0.120. The second-order valence-electron chi connectivity index (χ2n) is 7.53. The number of carbonyl (C=O) groups is 2. The standard InChI is InChI=1S/C24H20FN5O2/c25-18-9-7-17(8-10-18)20-21(23(32)30(22(20)31)19-5-2-1-3-6-19)28-13-15-29(16-14-28)24-26-11-4-12-27-24/h1-12H,13-16H2. The first kappa shape index (κ1) is 19.9. The largest absolute Gasteiger partial charge is 0.363 e. The molecule has 1 fully saturated rings. The van der Waals surface area contributed by atoms with E-state index >= 15 is 0 Å². The summed E-state index contributed by atoms with van der Waals surface area (Å²) in [4.78, 5) is 40.7. The summed E-state index contributed by atoms with van der Waals surface area (Å²) < 4.78 is 13.5. The average Bonchev–Trinajstić information content (AvgIpc) is 3.10. The van der Waals surface area contributed by atoms with Gasteiger partial charge >= 0.3 is 0 Å². The molecule has 3 heterocycles. The Kier molecular flexibility index (Phi) is 5.10. The topological polar surface area (TPSA) is 69.6 Å². The third-order valence-electron chi connectivity index (χ3n) is 5.64. The van der Waals surface area contributed by atoms with Gasteiger partial charge in [-0.15, -0.1) is 0 Å². The minimum absolute atomic E-state index is 0.295. The molecule has 2 aliphatic heterocycles. The Morgan fingerprint density at radius 3 is 2.00 bits per heavy atom. The van der Waals surface area contributed by atoms with Crippen LogP contribution < -0.4 is 9.80 Å². The molecular weight excluding hydrogens is 409 g/mol. The molecule has 1 saturated heterocycles. The molecule has 1 aromatic heterocycles. The number of amides is 2. The molecule has 0 atom stereocenters. The molecule has 0 spiro atoms. The molecule has 7 nitrogen and oxygen atoms in total. The van der Waals surface area contributed by atoms with Crippen LogP contribution in [0.15, 0.2) is 78.8 Å². The summed E-state index contributed by atoms with van der Waals surface area (Å²) >= 11 is 0. The Balaban J connectivity index is 1.50. The third-order valence-corrected chi connectivity index (χ3v) is 5.64. The van der Waals surface area contributed by atoms with Crippen LogP contribution in [0.4, 0.5) is 16.0 Å². The zero-order chi connectivity index (χ0) is 22.1. The highest BCUT2D eigenvalue weighted by molar-refractivity contribution is 6.45. The van der Waals surface area contributed by atoms with Gasteiger partial charge in [0.2, 0.25) is 5.95 Å². The lowest BCUT2D eigenvalue weighted by atomic mass is 10.0. The van der Waals surface area contributed by atoms with Crippen LogP contribution in [0.5, 0.6) is 0 Å². The van der Waals surface area contributed by atoms with Gasteiger partial charge < -0.3 is 9.80 Å². The van der Waals surface area contributed by atoms with Crippen molar-refractivity contribution < 1.29 is 14.0 Å². The SMILES string of the molecule is O=C1C(c2ccc(F)cc2)=C(N2CCN(c3ncccn3)CC2)C(=O)N1c1ccccc1. The van der Waals surface area contributed by atoms with Crippen molar-refractivity contribution in [2.75, 3.05) is 36.0 Å². The minimum Gasteiger partial charge on any atom is -0.363 e. The maximum atomic E-state index is 13.5. The van der Waals surface area contributed by atoms with E-state index in [2.05, 4.69) is 9.97 Å². The van der Waals surface area contributed by atoms with Crippen LogP contribution in [0.3, 0.4) is 0 Å². The number of imide groups is 1. The molecule has 2 aliphatic rings. The molecule has 2 amide bonds. The van der Waals surface area contributed by atoms with Crippen LogP contribution in [0.1, 0.15) is 5.56 Å². The number of para-hydroxylation sites is 1. The first-order valence-electron chi connectivity index (χ1n) is 10.3. The third kappa shape index (κ3) is 3.49. The molecule has 0 aliphatic carbocycles. The quantitative estimate of drug-likeness (QED) is 0.594. The van der Waals surface area contributed by atoms with Gasteiger partial charge in [0.05, 0.1) is 11.3 Å². The van der Waals surface area contributed by atoms with E-state index in [1.807, 2.05) is 15.9 Å². The molecule has 5 rings (SSSR count). The zero-order valence-electron chi connectivity index (χ0n) is 17.2. The molecule has 8 heteroatoms. The van der Waals surface area contributed by atoms with Crippen LogP contribution in [-0.4, -0.2) is 52.9 Å². The van der Waals surface area contributed by atoms with Gasteiger partial charge in [0.1, 0.15) is 11.5 Å². The van der Waals surface area contributed by atoms with Crippen LogP contribution in [0.2, 0.25) is 0 Å². The molecule has 32 heavy (non-hydrogen) atoms. The van der Waals surface area contributed by atoms with Crippen LogP contribution >= 0.6 is 0 Å². The van der Waals surface area contributed by atoms with Gasteiger partial charge in [0, 0.05) is 38.6 Å². The highest BCUT2D eigenvalue weighted by atomic mass is 19.1. The first-order valence-corrected chi connectivity index (χ1v) is 10.3. The van der Waals surface area contributed by atoms with E-state index in [9.17, 15) is 14.0 Å². The molecule has 0 saturated carbocycles. The average molecular weight is 429 g/mol. The second-order valence-corrected chi connectivity index (χ2v) is 7.53. The Hall–Kier alpha value is -4.07. The van der Waals surface area contributed by atoms with Gasteiger partial charge in [0.25, 0.3) is 11.8 Å². The lowest BCUT2D eigenvalue weighted by Gasteiger charge is -2.36. The highest BCUT2D eigenvalue weighted by Gasteiger charge is 2.43. The molecule has 0 unspecified atom stereocenters. The first-order chi connectivity index (χ1) is 15.6. The van der Waals surface area contributed by atoms with E-state index in [1.54, 1.807) is 54.9 Å². The van der Waals surface area contributed by atoms with Crippen molar-refractivity contribution in [3.05, 3.63) is 90.1 Å². The molecule has 0 bridgehead atoms. The van der Waals surface area contributed by atoms with E-state index in [1.165, 1.54) is 17.0 Å². The minimum atomic E-state index is -0.406. The number of hydrogen-bond donors (Lipinski definition) is 0. The van der Waals surface area contributed by atoms with Crippen molar-refractivity contribution in [3.8, 4) is 0 Å². The van der Waals surface area contributed by atoms with Gasteiger partial charge in [-0.1, -0.05) is 30.3 Å². The van der Waals surface area contributed by atoms with Crippen molar-refractivity contribution in [2.24, 2.45) is 0 Å². The summed E-state index contributed by atoms with van der Waals surface area (Å²) in [5.41, 5.74) is 1.67. The maximum absolute atomic E-state index is 13.5. The van der Waals surface area contributed by atoms with E-state index in [-0.39, 0.29) is 5.91 Å². The number of benzene rings is 2. The summed E-state index contributed by atoms with van der Waals surface area (Å²) in [5, 5.41) is 0. The molecule has 2 aromatic carbocycles. The van der Waals surface area contributed by atoms with Gasteiger partial charge in [-0.25, -0.2) is 19.3 Å². The number of anilines is 2. The number of carbonyl (C=O) groups excluding carboxylic acids is 2.